The maximum absolute atomic E-state index is 10.9. The number of hydrogen-bond donors (Lipinski definition) is 1. The van der Waals surface area contributed by atoms with Crippen LogP contribution in [0.5, 0.6) is 0 Å². The molecular weight excluding hydrogens is 331 g/mol. The second-order valence-corrected chi connectivity index (χ2v) is 9.27. The van der Waals surface area contributed by atoms with Crippen LogP contribution in [0, 0.1) is 0 Å². The van der Waals surface area contributed by atoms with Gasteiger partial charge in [-0.05, 0) is 36.4 Å². The highest BCUT2D eigenvalue weighted by molar-refractivity contribution is 7.95. The van der Waals surface area contributed by atoms with Crippen LogP contribution < -0.4 is 15.9 Å². The SMILES string of the molecule is O=C(O)OCC[P+](c1ccccc1)(c1ccccc1)c1ccccc1. The summed E-state index contributed by atoms with van der Waals surface area (Å²) in [4.78, 5) is 10.9. The van der Waals surface area contributed by atoms with Crippen LogP contribution in [0.4, 0.5) is 4.79 Å². The lowest BCUT2D eigenvalue weighted by Crippen LogP contribution is -2.34. The maximum atomic E-state index is 10.9. The van der Waals surface area contributed by atoms with Crippen molar-refractivity contribution in [1.82, 2.24) is 0 Å². The standard InChI is InChI=1S/C21H19O3P/c22-21(23)24-16-17-25(18-10-4-1-5-11-18,19-12-6-2-7-13-19)20-14-8-3-9-15-20/h1-15H,16-17H2/p+1. The van der Waals surface area contributed by atoms with E-state index >= 15 is 0 Å². The molecule has 3 rings (SSSR count). The predicted molar refractivity (Wildman–Crippen MR) is 104 cm³/mol. The molecule has 3 nitrogen and oxygen atoms in total. The van der Waals surface area contributed by atoms with E-state index in [1.165, 1.54) is 15.9 Å². The van der Waals surface area contributed by atoms with Gasteiger partial charge in [0.15, 0.2) is 0 Å². The molecule has 0 saturated heterocycles. The Kier molecular flexibility index (Phi) is 5.47. The number of rotatable bonds is 6. The average Bonchev–Trinajstić information content (AvgIpc) is 2.67. The molecule has 0 amide bonds. The molecule has 1 N–H and O–H groups in total. The first-order valence-corrected chi connectivity index (χ1v) is 10.1. The second-order valence-electron chi connectivity index (χ2n) is 5.65. The Bertz CT molecular complexity index is 708. The third-order valence-electron chi connectivity index (χ3n) is 4.24. The number of carboxylic acid groups (broad SMARTS) is 1. The van der Waals surface area contributed by atoms with Crippen LogP contribution in [0.1, 0.15) is 0 Å². The van der Waals surface area contributed by atoms with Crippen LogP contribution in [0.25, 0.3) is 0 Å². The second kappa shape index (κ2) is 7.96. The van der Waals surface area contributed by atoms with Gasteiger partial charge in [0.2, 0.25) is 0 Å². The van der Waals surface area contributed by atoms with Gasteiger partial charge in [-0.25, -0.2) is 4.79 Å². The van der Waals surface area contributed by atoms with Crippen molar-refractivity contribution in [2.24, 2.45) is 0 Å². The van der Waals surface area contributed by atoms with Crippen molar-refractivity contribution in [2.75, 3.05) is 12.8 Å². The molecule has 0 fully saturated rings. The van der Waals surface area contributed by atoms with Gasteiger partial charge in [0.05, 0.1) is 0 Å². The topological polar surface area (TPSA) is 46.5 Å². The minimum atomic E-state index is -2.00. The fourth-order valence-electron chi connectivity index (χ4n) is 3.15. The molecule has 3 aromatic rings. The van der Waals surface area contributed by atoms with Crippen molar-refractivity contribution in [3.63, 3.8) is 0 Å². The Labute approximate surface area is 148 Å². The van der Waals surface area contributed by atoms with Crippen molar-refractivity contribution in [3.05, 3.63) is 91.0 Å². The van der Waals surface area contributed by atoms with E-state index in [1.807, 2.05) is 54.6 Å². The fourth-order valence-corrected chi connectivity index (χ4v) is 7.23. The van der Waals surface area contributed by atoms with Crippen LogP contribution in [-0.2, 0) is 4.74 Å². The van der Waals surface area contributed by atoms with Gasteiger partial charge in [0.1, 0.15) is 35.9 Å². The zero-order chi connectivity index (χ0) is 17.5. The van der Waals surface area contributed by atoms with Gasteiger partial charge in [-0.1, -0.05) is 54.6 Å². The molecule has 0 bridgehead atoms. The Hall–Kier alpha value is -2.64. The van der Waals surface area contributed by atoms with Crippen molar-refractivity contribution in [1.29, 1.82) is 0 Å². The van der Waals surface area contributed by atoms with E-state index in [0.29, 0.717) is 6.16 Å². The third kappa shape index (κ3) is 3.72. The zero-order valence-electron chi connectivity index (χ0n) is 13.8. The molecule has 4 heteroatoms. The van der Waals surface area contributed by atoms with Crippen molar-refractivity contribution in [3.8, 4) is 0 Å². The third-order valence-corrected chi connectivity index (χ3v) is 8.64. The number of ether oxygens (including phenoxy) is 1. The van der Waals surface area contributed by atoms with Gasteiger partial charge >= 0.3 is 6.16 Å². The highest BCUT2D eigenvalue weighted by atomic mass is 31.2. The quantitative estimate of drug-likeness (QED) is 0.544. The van der Waals surface area contributed by atoms with Gasteiger partial charge in [0.25, 0.3) is 0 Å². The van der Waals surface area contributed by atoms with Crippen molar-refractivity contribution in [2.45, 2.75) is 0 Å². The van der Waals surface area contributed by atoms with E-state index < -0.39 is 13.4 Å². The smallest absolute Gasteiger partial charge is 0.450 e. The summed E-state index contributed by atoms with van der Waals surface area (Å²) >= 11 is 0. The van der Waals surface area contributed by atoms with Gasteiger partial charge in [-0.15, -0.1) is 0 Å². The molecule has 3 aromatic carbocycles. The van der Waals surface area contributed by atoms with Crippen LogP contribution in [-0.4, -0.2) is 24.0 Å². The first-order valence-electron chi connectivity index (χ1n) is 8.14. The maximum Gasteiger partial charge on any atom is 0.505 e. The molecule has 0 spiro atoms. The molecular formula is C21H20O3P+. The molecule has 0 aliphatic rings. The van der Waals surface area contributed by atoms with E-state index in [2.05, 4.69) is 36.4 Å². The molecule has 0 aliphatic heterocycles. The summed E-state index contributed by atoms with van der Waals surface area (Å²) in [5.74, 6) is 0. The Morgan fingerprint density at radius 3 is 1.40 bits per heavy atom. The molecule has 0 unspecified atom stereocenters. The average molecular weight is 351 g/mol. The van der Waals surface area contributed by atoms with Crippen LogP contribution >= 0.6 is 7.26 Å². The molecule has 0 aromatic heterocycles. The lowest BCUT2D eigenvalue weighted by molar-refractivity contribution is 0.0973. The molecule has 25 heavy (non-hydrogen) atoms. The number of benzene rings is 3. The Balaban J connectivity index is 2.18. The van der Waals surface area contributed by atoms with E-state index in [9.17, 15) is 4.79 Å². The highest BCUT2D eigenvalue weighted by Gasteiger charge is 2.45. The summed E-state index contributed by atoms with van der Waals surface area (Å²) in [5.41, 5.74) is 0. The Morgan fingerprint density at radius 2 is 1.08 bits per heavy atom. The van der Waals surface area contributed by atoms with Crippen LogP contribution in [0.15, 0.2) is 91.0 Å². The highest BCUT2D eigenvalue weighted by Crippen LogP contribution is 2.54. The molecule has 0 atom stereocenters. The summed E-state index contributed by atoms with van der Waals surface area (Å²) in [6, 6.07) is 31.0. The molecule has 0 saturated carbocycles. The zero-order valence-corrected chi connectivity index (χ0v) is 14.7. The number of hydrogen-bond acceptors (Lipinski definition) is 2. The molecule has 0 aliphatic carbocycles. The largest absolute Gasteiger partial charge is 0.505 e. The summed E-state index contributed by atoms with van der Waals surface area (Å²) in [7, 11) is -2.00. The van der Waals surface area contributed by atoms with Gasteiger partial charge in [0, 0.05) is 0 Å². The van der Waals surface area contributed by atoms with E-state index in [4.69, 9.17) is 9.84 Å². The summed E-state index contributed by atoms with van der Waals surface area (Å²) < 4.78 is 4.91. The van der Waals surface area contributed by atoms with Gasteiger partial charge in [-0.2, -0.15) is 0 Å². The predicted octanol–water partition coefficient (Wildman–Crippen LogP) is 3.68. The molecule has 0 heterocycles. The van der Waals surface area contributed by atoms with E-state index in [1.54, 1.807) is 0 Å². The van der Waals surface area contributed by atoms with Gasteiger partial charge in [-0.3, -0.25) is 0 Å². The first kappa shape index (κ1) is 17.2. The monoisotopic (exact) mass is 351 g/mol. The first-order chi connectivity index (χ1) is 12.2. The molecule has 0 radical (unpaired) electrons. The van der Waals surface area contributed by atoms with Gasteiger partial charge < -0.3 is 9.84 Å². The van der Waals surface area contributed by atoms with Crippen molar-refractivity contribution < 1.29 is 14.6 Å². The fraction of sp³-hybridized carbons (Fsp3) is 0.0952. The Morgan fingerprint density at radius 1 is 0.720 bits per heavy atom. The normalized spacial score (nSPS) is 11.0. The minimum absolute atomic E-state index is 0.168. The summed E-state index contributed by atoms with van der Waals surface area (Å²) in [5, 5.41) is 12.6. The minimum Gasteiger partial charge on any atom is -0.450 e. The van der Waals surface area contributed by atoms with Crippen LogP contribution in [0.2, 0.25) is 0 Å². The van der Waals surface area contributed by atoms with E-state index in [-0.39, 0.29) is 6.61 Å². The lowest BCUT2D eigenvalue weighted by atomic mass is 10.4. The summed E-state index contributed by atoms with van der Waals surface area (Å²) in [6.45, 7) is 0.168. The molecule has 126 valence electrons. The lowest BCUT2D eigenvalue weighted by Gasteiger charge is -2.27. The van der Waals surface area contributed by atoms with Crippen LogP contribution in [0.3, 0.4) is 0 Å². The van der Waals surface area contributed by atoms with E-state index in [0.717, 1.165) is 0 Å². The number of carbonyl (C=O) groups is 1. The summed E-state index contributed by atoms with van der Waals surface area (Å²) in [6.07, 6.45) is -0.593. The van der Waals surface area contributed by atoms with Crippen molar-refractivity contribution >= 4 is 29.3 Å².